The summed E-state index contributed by atoms with van der Waals surface area (Å²) < 4.78 is 16.4. The van der Waals surface area contributed by atoms with Crippen LogP contribution in [0.2, 0.25) is 0 Å². The highest BCUT2D eigenvalue weighted by molar-refractivity contribution is 6.08. The monoisotopic (exact) mass is 374 g/mol. The van der Waals surface area contributed by atoms with Crippen molar-refractivity contribution in [1.82, 2.24) is 0 Å². The quantitative estimate of drug-likeness (QED) is 0.403. The largest absolute Gasteiger partial charge is 0.497 e. The molecule has 3 aromatic rings. The van der Waals surface area contributed by atoms with Crippen LogP contribution in [0.15, 0.2) is 78.9 Å². The molecule has 142 valence electrons. The predicted molar refractivity (Wildman–Crippen MR) is 110 cm³/mol. The van der Waals surface area contributed by atoms with Gasteiger partial charge in [-0.15, -0.1) is 0 Å². The molecule has 0 aliphatic heterocycles. The van der Waals surface area contributed by atoms with Gasteiger partial charge in [-0.1, -0.05) is 42.5 Å². The Kier molecular flexibility index (Phi) is 6.47. The van der Waals surface area contributed by atoms with E-state index >= 15 is 0 Å². The molecule has 0 unspecified atom stereocenters. The summed E-state index contributed by atoms with van der Waals surface area (Å²) in [6, 6.07) is 22.5. The minimum Gasteiger partial charge on any atom is -0.497 e. The zero-order valence-corrected chi connectivity index (χ0v) is 15.9. The molecule has 0 aromatic heterocycles. The van der Waals surface area contributed by atoms with Crippen LogP contribution < -0.4 is 14.2 Å². The Labute approximate surface area is 165 Å². The van der Waals surface area contributed by atoms with Crippen LogP contribution in [0.25, 0.3) is 6.08 Å². The number of carbonyl (C=O) groups excluding carboxylic acids is 1. The Morgan fingerprint density at radius 1 is 0.857 bits per heavy atom. The van der Waals surface area contributed by atoms with Crippen LogP contribution in [0.4, 0.5) is 0 Å². The summed E-state index contributed by atoms with van der Waals surface area (Å²) in [5.74, 6) is 1.75. The lowest BCUT2D eigenvalue weighted by Crippen LogP contribution is -2.02. The maximum absolute atomic E-state index is 12.7. The molecule has 0 radical (unpaired) electrons. The summed E-state index contributed by atoms with van der Waals surface area (Å²) in [6.45, 7) is 0.404. The third kappa shape index (κ3) is 4.80. The number of benzene rings is 3. The van der Waals surface area contributed by atoms with Crippen molar-refractivity contribution in [3.63, 3.8) is 0 Å². The molecule has 0 saturated heterocycles. The molecule has 0 fully saturated rings. The zero-order chi connectivity index (χ0) is 19.8. The summed E-state index contributed by atoms with van der Waals surface area (Å²) in [4.78, 5) is 12.7. The Hall–Kier alpha value is -3.53. The number of methoxy groups -OCH3 is 2. The number of para-hydroxylation sites is 1. The van der Waals surface area contributed by atoms with Crippen molar-refractivity contribution in [2.45, 2.75) is 6.61 Å². The van der Waals surface area contributed by atoms with Gasteiger partial charge in [0.05, 0.1) is 19.8 Å². The number of allylic oxidation sites excluding steroid dienone is 1. The first kappa shape index (κ1) is 19.2. The van der Waals surface area contributed by atoms with E-state index in [-0.39, 0.29) is 5.78 Å². The molecule has 3 rings (SSSR count). The fraction of sp³-hybridized carbons (Fsp3) is 0.125. The molecule has 4 heteroatoms. The van der Waals surface area contributed by atoms with Gasteiger partial charge in [-0.3, -0.25) is 4.79 Å². The summed E-state index contributed by atoms with van der Waals surface area (Å²) in [6.07, 6.45) is 3.25. The van der Waals surface area contributed by atoms with Crippen LogP contribution in [0.1, 0.15) is 21.5 Å². The van der Waals surface area contributed by atoms with Crippen LogP contribution in [0.5, 0.6) is 17.2 Å². The average Bonchev–Trinajstić information content (AvgIpc) is 2.76. The molecule has 0 saturated carbocycles. The van der Waals surface area contributed by atoms with E-state index in [0.29, 0.717) is 29.4 Å². The van der Waals surface area contributed by atoms with E-state index in [0.717, 1.165) is 11.1 Å². The lowest BCUT2D eigenvalue weighted by atomic mass is 10.1. The van der Waals surface area contributed by atoms with Crippen LogP contribution in [-0.2, 0) is 6.61 Å². The van der Waals surface area contributed by atoms with Crippen LogP contribution in [0, 0.1) is 0 Å². The van der Waals surface area contributed by atoms with Crippen molar-refractivity contribution in [2.24, 2.45) is 0 Å². The Balaban J connectivity index is 1.77. The van der Waals surface area contributed by atoms with E-state index < -0.39 is 0 Å². The van der Waals surface area contributed by atoms with Crippen molar-refractivity contribution in [1.29, 1.82) is 0 Å². The number of hydrogen-bond donors (Lipinski definition) is 0. The molecule has 4 nitrogen and oxygen atoms in total. The molecular weight excluding hydrogens is 352 g/mol. The molecule has 0 bridgehead atoms. The SMILES string of the molecule is COc1ccc(C=CC(=O)c2ccccc2OCc2ccccc2)c(OC)c1. The van der Waals surface area contributed by atoms with Crippen molar-refractivity contribution in [3.05, 3.63) is 95.6 Å². The smallest absolute Gasteiger partial charge is 0.189 e. The highest BCUT2D eigenvalue weighted by atomic mass is 16.5. The van der Waals surface area contributed by atoms with Crippen LogP contribution in [-0.4, -0.2) is 20.0 Å². The minimum atomic E-state index is -0.137. The molecule has 0 atom stereocenters. The van der Waals surface area contributed by atoms with Crippen molar-refractivity contribution < 1.29 is 19.0 Å². The molecule has 0 aliphatic rings. The van der Waals surface area contributed by atoms with E-state index in [1.165, 1.54) is 6.08 Å². The van der Waals surface area contributed by atoms with E-state index in [2.05, 4.69) is 0 Å². The Bertz CT molecular complexity index is 961. The zero-order valence-electron chi connectivity index (χ0n) is 15.9. The van der Waals surface area contributed by atoms with E-state index in [1.54, 1.807) is 38.5 Å². The van der Waals surface area contributed by atoms with Crippen LogP contribution >= 0.6 is 0 Å². The van der Waals surface area contributed by atoms with Crippen molar-refractivity contribution >= 4 is 11.9 Å². The first-order valence-corrected chi connectivity index (χ1v) is 8.91. The minimum absolute atomic E-state index is 0.137. The first-order chi connectivity index (χ1) is 13.7. The molecule has 0 aliphatic carbocycles. The Morgan fingerprint density at radius 3 is 2.36 bits per heavy atom. The van der Waals surface area contributed by atoms with Crippen molar-refractivity contribution in [3.8, 4) is 17.2 Å². The second-order valence-corrected chi connectivity index (χ2v) is 6.08. The number of carbonyl (C=O) groups is 1. The average molecular weight is 374 g/mol. The second kappa shape index (κ2) is 9.42. The Morgan fingerprint density at radius 2 is 1.61 bits per heavy atom. The molecule has 0 amide bonds. The summed E-state index contributed by atoms with van der Waals surface area (Å²) in [5.41, 5.74) is 2.35. The molecule has 3 aromatic carbocycles. The fourth-order valence-electron chi connectivity index (χ4n) is 2.74. The highest BCUT2D eigenvalue weighted by Crippen LogP contribution is 2.26. The predicted octanol–water partition coefficient (Wildman–Crippen LogP) is 5.18. The normalized spacial score (nSPS) is 10.6. The van der Waals surface area contributed by atoms with Gasteiger partial charge in [0.2, 0.25) is 0 Å². The third-order valence-corrected chi connectivity index (χ3v) is 4.24. The fourth-order valence-corrected chi connectivity index (χ4v) is 2.74. The van der Waals surface area contributed by atoms with Crippen LogP contribution in [0.3, 0.4) is 0 Å². The van der Waals surface area contributed by atoms with E-state index in [1.807, 2.05) is 54.6 Å². The first-order valence-electron chi connectivity index (χ1n) is 8.91. The van der Waals surface area contributed by atoms with Gasteiger partial charge in [0.15, 0.2) is 5.78 Å². The standard InChI is InChI=1S/C24H22O4/c1-26-20-14-12-19(24(16-20)27-2)13-15-22(25)21-10-6-7-11-23(21)28-17-18-8-4-3-5-9-18/h3-16H,17H2,1-2H3. The van der Waals surface area contributed by atoms with Gasteiger partial charge in [0.1, 0.15) is 23.9 Å². The second-order valence-electron chi connectivity index (χ2n) is 6.08. The number of hydrogen-bond acceptors (Lipinski definition) is 4. The molecule has 0 N–H and O–H groups in total. The molecule has 28 heavy (non-hydrogen) atoms. The third-order valence-electron chi connectivity index (χ3n) is 4.24. The lowest BCUT2D eigenvalue weighted by Gasteiger charge is -2.10. The maximum atomic E-state index is 12.7. The summed E-state index contributed by atoms with van der Waals surface area (Å²) in [7, 11) is 3.18. The summed E-state index contributed by atoms with van der Waals surface area (Å²) >= 11 is 0. The highest BCUT2D eigenvalue weighted by Gasteiger charge is 2.10. The lowest BCUT2D eigenvalue weighted by molar-refractivity contribution is 0.104. The number of ketones is 1. The van der Waals surface area contributed by atoms with Gasteiger partial charge < -0.3 is 14.2 Å². The van der Waals surface area contributed by atoms with Gasteiger partial charge in [-0.05, 0) is 42.0 Å². The van der Waals surface area contributed by atoms with Gasteiger partial charge in [-0.25, -0.2) is 0 Å². The number of ether oxygens (including phenoxy) is 3. The molecule has 0 heterocycles. The molecular formula is C24H22O4. The van der Waals surface area contributed by atoms with Gasteiger partial charge in [0.25, 0.3) is 0 Å². The van der Waals surface area contributed by atoms with E-state index in [9.17, 15) is 4.79 Å². The topological polar surface area (TPSA) is 44.8 Å². The van der Waals surface area contributed by atoms with E-state index in [4.69, 9.17) is 14.2 Å². The maximum Gasteiger partial charge on any atom is 0.189 e. The molecule has 0 spiro atoms. The van der Waals surface area contributed by atoms with Gasteiger partial charge in [0, 0.05) is 11.6 Å². The number of rotatable bonds is 8. The van der Waals surface area contributed by atoms with Gasteiger partial charge >= 0.3 is 0 Å². The van der Waals surface area contributed by atoms with Crippen molar-refractivity contribution in [2.75, 3.05) is 14.2 Å². The van der Waals surface area contributed by atoms with Gasteiger partial charge in [-0.2, -0.15) is 0 Å². The summed E-state index contributed by atoms with van der Waals surface area (Å²) in [5, 5.41) is 0.